The van der Waals surface area contributed by atoms with E-state index in [4.69, 9.17) is 10.3 Å². The van der Waals surface area contributed by atoms with Crippen LogP contribution in [0.25, 0.3) is 11.4 Å². The van der Waals surface area contributed by atoms with Crippen molar-refractivity contribution in [3.63, 3.8) is 0 Å². The number of nitrogens with one attached hydrogen (secondary N) is 1. The number of nitro benzene ring substituents is 1. The van der Waals surface area contributed by atoms with Gasteiger partial charge in [-0.25, -0.2) is 4.98 Å². The standard InChI is InChI=1S/C22H15N7O4S/c23-11-14-10-17(21(30)25-15-6-2-1-3-7-15)19(24)27-22(14)34-12-18-26-20(28-33-18)13-5-4-8-16(9-13)29(31)32/h1-10H,12H2,(H2,24,27)(H,25,30). The summed E-state index contributed by atoms with van der Waals surface area (Å²) in [6.45, 7) is 0. The van der Waals surface area contributed by atoms with Crippen molar-refractivity contribution in [3.8, 4) is 17.5 Å². The third kappa shape index (κ3) is 5.00. The van der Waals surface area contributed by atoms with Gasteiger partial charge in [-0.3, -0.25) is 14.9 Å². The first-order valence-corrected chi connectivity index (χ1v) is 10.7. The number of hydrogen-bond acceptors (Lipinski definition) is 10. The van der Waals surface area contributed by atoms with E-state index in [0.29, 0.717) is 16.3 Å². The van der Waals surface area contributed by atoms with Gasteiger partial charge in [0.25, 0.3) is 11.6 Å². The van der Waals surface area contributed by atoms with Crippen molar-refractivity contribution in [1.82, 2.24) is 15.1 Å². The Labute approximate surface area is 196 Å². The number of aromatic nitrogens is 3. The average molecular weight is 473 g/mol. The topological polar surface area (TPSA) is 174 Å². The van der Waals surface area contributed by atoms with Crippen LogP contribution < -0.4 is 11.1 Å². The molecule has 4 aromatic rings. The lowest BCUT2D eigenvalue weighted by Crippen LogP contribution is -2.15. The zero-order valence-corrected chi connectivity index (χ0v) is 18.2. The number of thioether (sulfide) groups is 1. The van der Waals surface area contributed by atoms with E-state index in [1.54, 1.807) is 30.3 Å². The highest BCUT2D eigenvalue weighted by Crippen LogP contribution is 2.28. The van der Waals surface area contributed by atoms with Gasteiger partial charge in [0.2, 0.25) is 11.7 Å². The number of benzene rings is 2. The van der Waals surface area contributed by atoms with E-state index in [0.717, 1.165) is 11.8 Å². The summed E-state index contributed by atoms with van der Waals surface area (Å²) in [4.78, 5) is 31.5. The number of nitrogens with zero attached hydrogens (tertiary/aromatic N) is 5. The van der Waals surface area contributed by atoms with Gasteiger partial charge in [0, 0.05) is 23.4 Å². The second-order valence-corrected chi connectivity index (χ2v) is 7.78. The molecule has 12 heteroatoms. The number of nitro groups is 1. The molecular weight excluding hydrogens is 458 g/mol. The number of nitrogens with two attached hydrogens (primary N) is 1. The van der Waals surface area contributed by atoms with Gasteiger partial charge in [0.1, 0.15) is 16.9 Å². The molecule has 0 spiro atoms. The molecule has 168 valence electrons. The number of anilines is 2. The molecule has 1 amide bonds. The smallest absolute Gasteiger partial charge is 0.270 e. The van der Waals surface area contributed by atoms with Crippen LogP contribution in [-0.4, -0.2) is 26.0 Å². The number of nitrogen functional groups attached to an aromatic ring is 1. The Morgan fingerprint density at radius 1 is 1.18 bits per heavy atom. The lowest BCUT2D eigenvalue weighted by Gasteiger charge is -2.09. The number of carbonyl (C=O) groups excluding carboxylic acids is 1. The normalized spacial score (nSPS) is 10.4. The molecular formula is C22H15N7O4S. The highest BCUT2D eigenvalue weighted by Gasteiger charge is 2.18. The lowest BCUT2D eigenvalue weighted by atomic mass is 10.2. The van der Waals surface area contributed by atoms with Gasteiger partial charge in [-0.2, -0.15) is 10.2 Å². The van der Waals surface area contributed by atoms with Crippen LogP contribution in [0.1, 0.15) is 21.8 Å². The van der Waals surface area contributed by atoms with Gasteiger partial charge in [0.15, 0.2) is 0 Å². The maximum Gasteiger partial charge on any atom is 0.270 e. The largest absolute Gasteiger partial charge is 0.383 e. The molecule has 0 atom stereocenters. The van der Waals surface area contributed by atoms with Crippen LogP contribution in [0.2, 0.25) is 0 Å². The average Bonchev–Trinajstić information content (AvgIpc) is 3.32. The van der Waals surface area contributed by atoms with Crippen molar-refractivity contribution < 1.29 is 14.2 Å². The van der Waals surface area contributed by atoms with Crippen LogP contribution in [-0.2, 0) is 5.75 Å². The highest BCUT2D eigenvalue weighted by atomic mass is 32.2. The first-order chi connectivity index (χ1) is 16.4. The Morgan fingerprint density at radius 2 is 1.97 bits per heavy atom. The predicted molar refractivity (Wildman–Crippen MR) is 124 cm³/mol. The molecule has 4 rings (SSSR count). The summed E-state index contributed by atoms with van der Waals surface area (Å²) in [5, 5.41) is 27.4. The summed E-state index contributed by atoms with van der Waals surface area (Å²) in [5.74, 6) is 0.0703. The Morgan fingerprint density at radius 3 is 2.71 bits per heavy atom. The molecule has 11 nitrogen and oxygen atoms in total. The molecule has 0 aliphatic rings. The molecule has 2 aromatic carbocycles. The molecule has 0 bridgehead atoms. The minimum absolute atomic E-state index is 0.0299. The minimum Gasteiger partial charge on any atom is -0.383 e. The third-order valence-corrected chi connectivity index (χ3v) is 5.51. The van der Waals surface area contributed by atoms with Gasteiger partial charge in [0.05, 0.1) is 21.8 Å². The number of hydrogen-bond donors (Lipinski definition) is 2. The molecule has 0 radical (unpaired) electrons. The summed E-state index contributed by atoms with van der Waals surface area (Å²) >= 11 is 1.13. The number of carbonyl (C=O) groups is 1. The zero-order chi connectivity index (χ0) is 24.1. The van der Waals surface area contributed by atoms with Crippen LogP contribution in [0.4, 0.5) is 17.2 Å². The van der Waals surface area contributed by atoms with E-state index in [9.17, 15) is 20.2 Å². The van der Waals surface area contributed by atoms with E-state index in [1.165, 1.54) is 24.3 Å². The fourth-order valence-electron chi connectivity index (χ4n) is 2.92. The minimum atomic E-state index is -0.510. The lowest BCUT2D eigenvalue weighted by molar-refractivity contribution is -0.384. The van der Waals surface area contributed by atoms with E-state index in [2.05, 4.69) is 20.4 Å². The number of amides is 1. The Balaban J connectivity index is 1.49. The number of rotatable bonds is 7. The van der Waals surface area contributed by atoms with E-state index in [-0.39, 0.29) is 40.1 Å². The predicted octanol–water partition coefficient (Wildman–Crippen LogP) is 4.04. The molecule has 0 fully saturated rings. The van der Waals surface area contributed by atoms with Crippen molar-refractivity contribution >= 4 is 34.9 Å². The Bertz CT molecular complexity index is 1420. The summed E-state index contributed by atoms with van der Waals surface area (Å²) in [6, 6.07) is 18.1. The van der Waals surface area contributed by atoms with Crippen LogP contribution in [0.5, 0.6) is 0 Å². The van der Waals surface area contributed by atoms with Crippen molar-refractivity contribution in [3.05, 3.63) is 87.8 Å². The first-order valence-electron chi connectivity index (χ1n) is 9.72. The molecule has 34 heavy (non-hydrogen) atoms. The van der Waals surface area contributed by atoms with Crippen molar-refractivity contribution in [2.75, 3.05) is 11.1 Å². The highest BCUT2D eigenvalue weighted by molar-refractivity contribution is 7.98. The second-order valence-electron chi connectivity index (χ2n) is 6.81. The Hall–Kier alpha value is -4.76. The maximum atomic E-state index is 12.6. The summed E-state index contributed by atoms with van der Waals surface area (Å²) in [7, 11) is 0. The van der Waals surface area contributed by atoms with Crippen LogP contribution >= 0.6 is 11.8 Å². The van der Waals surface area contributed by atoms with Gasteiger partial charge in [-0.15, -0.1) is 0 Å². The second kappa shape index (κ2) is 9.80. The van der Waals surface area contributed by atoms with Crippen LogP contribution in [0.15, 0.2) is 70.2 Å². The van der Waals surface area contributed by atoms with E-state index in [1.807, 2.05) is 12.1 Å². The van der Waals surface area contributed by atoms with E-state index >= 15 is 0 Å². The van der Waals surface area contributed by atoms with Gasteiger partial charge >= 0.3 is 0 Å². The Kier molecular flexibility index (Phi) is 6.47. The van der Waals surface area contributed by atoms with Gasteiger partial charge in [-0.05, 0) is 18.2 Å². The molecule has 0 saturated heterocycles. The summed E-state index contributed by atoms with van der Waals surface area (Å²) in [5.41, 5.74) is 7.15. The molecule has 0 aliphatic carbocycles. The number of nitriles is 1. The SMILES string of the molecule is N#Cc1cc(C(=O)Nc2ccccc2)c(N)nc1SCc1nc(-c2cccc([N+](=O)[O-])c2)no1. The van der Waals surface area contributed by atoms with E-state index < -0.39 is 10.8 Å². The van der Waals surface area contributed by atoms with Crippen molar-refractivity contribution in [2.45, 2.75) is 10.8 Å². The van der Waals surface area contributed by atoms with Crippen LogP contribution in [0.3, 0.4) is 0 Å². The van der Waals surface area contributed by atoms with Gasteiger partial charge < -0.3 is 15.6 Å². The molecule has 2 aromatic heterocycles. The number of para-hydroxylation sites is 1. The van der Waals surface area contributed by atoms with Crippen molar-refractivity contribution in [2.24, 2.45) is 0 Å². The number of pyridine rings is 1. The quantitative estimate of drug-likeness (QED) is 0.226. The van der Waals surface area contributed by atoms with Crippen LogP contribution in [0, 0.1) is 21.4 Å². The molecule has 0 unspecified atom stereocenters. The first kappa shape index (κ1) is 22.4. The summed E-state index contributed by atoms with van der Waals surface area (Å²) in [6.07, 6.45) is 0. The molecule has 0 aliphatic heterocycles. The molecule has 3 N–H and O–H groups in total. The molecule has 0 saturated carbocycles. The number of non-ortho nitro benzene ring substituents is 1. The fraction of sp³-hybridized carbons (Fsp3) is 0.0455. The monoisotopic (exact) mass is 473 g/mol. The summed E-state index contributed by atoms with van der Waals surface area (Å²) < 4.78 is 5.22. The third-order valence-electron chi connectivity index (χ3n) is 4.53. The molecule has 2 heterocycles. The van der Waals surface area contributed by atoms with Gasteiger partial charge in [-0.1, -0.05) is 47.3 Å². The zero-order valence-electron chi connectivity index (χ0n) is 17.3. The fourth-order valence-corrected chi connectivity index (χ4v) is 3.72. The van der Waals surface area contributed by atoms with Crippen molar-refractivity contribution in [1.29, 1.82) is 5.26 Å². The maximum absolute atomic E-state index is 12.6.